The predicted molar refractivity (Wildman–Crippen MR) is 81.3 cm³/mol. The number of carbonyl (C=O) groups is 1. The summed E-state index contributed by atoms with van der Waals surface area (Å²) >= 11 is 1.84. The number of nitrogens with zero attached hydrogens (tertiary/aromatic N) is 4. The van der Waals surface area contributed by atoms with Gasteiger partial charge < -0.3 is 4.90 Å². The third-order valence-electron chi connectivity index (χ3n) is 3.31. The third kappa shape index (κ3) is 4.47. The summed E-state index contributed by atoms with van der Waals surface area (Å²) < 4.78 is 0. The van der Waals surface area contributed by atoms with Crippen LogP contribution in [0.4, 0.5) is 0 Å². The highest BCUT2D eigenvalue weighted by Gasteiger charge is 2.28. The zero-order valence-electron chi connectivity index (χ0n) is 11.3. The molecule has 1 fully saturated rings. The van der Waals surface area contributed by atoms with Crippen molar-refractivity contribution < 1.29 is 4.79 Å². The molecule has 0 spiro atoms. The molecule has 1 saturated heterocycles. The van der Waals surface area contributed by atoms with Crippen molar-refractivity contribution in [2.75, 3.05) is 25.4 Å². The quantitative estimate of drug-likeness (QED) is 0.335. The fourth-order valence-electron chi connectivity index (χ4n) is 2.28. The van der Waals surface area contributed by atoms with Crippen LogP contribution in [0, 0.1) is 5.92 Å². The molecule has 1 heterocycles. The van der Waals surface area contributed by atoms with Crippen LogP contribution in [-0.2, 0) is 10.5 Å². The van der Waals surface area contributed by atoms with Crippen molar-refractivity contribution in [3.8, 4) is 0 Å². The molecule has 20 heavy (non-hydrogen) atoms. The van der Waals surface area contributed by atoms with Crippen molar-refractivity contribution in [3.63, 3.8) is 0 Å². The van der Waals surface area contributed by atoms with Crippen molar-refractivity contribution in [2.45, 2.75) is 12.2 Å². The lowest BCUT2D eigenvalue weighted by Gasteiger charge is -2.15. The maximum absolute atomic E-state index is 11.8. The van der Waals surface area contributed by atoms with Gasteiger partial charge in [-0.2, -0.15) is 11.8 Å². The van der Waals surface area contributed by atoms with Gasteiger partial charge in [-0.3, -0.25) is 4.79 Å². The lowest BCUT2D eigenvalue weighted by atomic mass is 10.1. The number of hydrogen-bond acceptors (Lipinski definition) is 3. The van der Waals surface area contributed by atoms with Gasteiger partial charge >= 0.3 is 0 Å². The van der Waals surface area contributed by atoms with E-state index in [1.807, 2.05) is 34.9 Å². The first-order valence-electron chi connectivity index (χ1n) is 6.70. The van der Waals surface area contributed by atoms with Crippen LogP contribution < -0.4 is 0 Å². The van der Waals surface area contributed by atoms with Gasteiger partial charge in [0, 0.05) is 42.5 Å². The molecule has 106 valence electrons. The number of benzene rings is 1. The Balaban J connectivity index is 1.67. The molecule has 0 bridgehead atoms. The second-order valence-corrected chi connectivity index (χ2v) is 5.97. The zero-order valence-corrected chi connectivity index (χ0v) is 12.1. The van der Waals surface area contributed by atoms with Crippen LogP contribution in [0.15, 0.2) is 35.4 Å². The SMILES string of the molecule is [N-]=[N+]=NCC1CC(=O)N(CCSCc2ccccc2)C1. The fraction of sp³-hybridized carbons (Fsp3) is 0.500. The second kappa shape index (κ2) is 7.82. The number of amides is 1. The molecule has 1 aliphatic rings. The molecule has 6 heteroatoms. The first-order valence-corrected chi connectivity index (χ1v) is 7.85. The Morgan fingerprint density at radius 3 is 2.95 bits per heavy atom. The summed E-state index contributed by atoms with van der Waals surface area (Å²) in [7, 11) is 0. The summed E-state index contributed by atoms with van der Waals surface area (Å²) in [6, 6.07) is 10.3. The minimum atomic E-state index is 0.184. The summed E-state index contributed by atoms with van der Waals surface area (Å²) in [4.78, 5) is 16.4. The number of carbonyl (C=O) groups excluding carboxylic acids is 1. The first kappa shape index (κ1) is 14.8. The van der Waals surface area contributed by atoms with Gasteiger partial charge in [-0.1, -0.05) is 35.4 Å². The number of hydrogen-bond donors (Lipinski definition) is 0. The van der Waals surface area contributed by atoms with Crippen molar-refractivity contribution in [1.29, 1.82) is 0 Å². The van der Waals surface area contributed by atoms with E-state index in [2.05, 4.69) is 22.2 Å². The summed E-state index contributed by atoms with van der Waals surface area (Å²) in [6.45, 7) is 1.93. The minimum Gasteiger partial charge on any atom is -0.342 e. The van der Waals surface area contributed by atoms with Gasteiger partial charge in [0.15, 0.2) is 0 Å². The van der Waals surface area contributed by atoms with E-state index in [1.54, 1.807) is 0 Å². The van der Waals surface area contributed by atoms with Crippen LogP contribution in [0.2, 0.25) is 0 Å². The molecule has 1 atom stereocenters. The van der Waals surface area contributed by atoms with E-state index >= 15 is 0 Å². The van der Waals surface area contributed by atoms with E-state index in [1.165, 1.54) is 5.56 Å². The molecule has 1 unspecified atom stereocenters. The largest absolute Gasteiger partial charge is 0.342 e. The number of azide groups is 1. The summed E-state index contributed by atoms with van der Waals surface area (Å²) in [6.07, 6.45) is 0.516. The maximum atomic E-state index is 11.8. The molecular weight excluding hydrogens is 272 g/mol. The van der Waals surface area contributed by atoms with E-state index in [0.717, 1.165) is 24.6 Å². The lowest BCUT2D eigenvalue weighted by molar-refractivity contribution is -0.127. The molecule has 2 rings (SSSR count). The van der Waals surface area contributed by atoms with Gasteiger partial charge in [0.1, 0.15) is 0 Å². The standard InChI is InChI=1S/C14H18N4OS/c15-17-16-9-13-8-14(19)18(10-13)6-7-20-11-12-4-2-1-3-5-12/h1-5,13H,6-11H2. The van der Waals surface area contributed by atoms with Gasteiger partial charge in [-0.15, -0.1) is 0 Å². The fourth-order valence-corrected chi connectivity index (χ4v) is 3.21. The molecule has 0 radical (unpaired) electrons. The molecule has 0 aromatic heterocycles. The molecule has 0 N–H and O–H groups in total. The van der Waals surface area contributed by atoms with Crippen LogP contribution in [0.3, 0.4) is 0 Å². The van der Waals surface area contributed by atoms with Crippen molar-refractivity contribution >= 4 is 17.7 Å². The van der Waals surface area contributed by atoms with Gasteiger partial charge in [-0.25, -0.2) is 0 Å². The molecule has 0 aliphatic carbocycles. The van der Waals surface area contributed by atoms with Crippen LogP contribution in [0.5, 0.6) is 0 Å². The van der Waals surface area contributed by atoms with E-state index < -0.39 is 0 Å². The minimum absolute atomic E-state index is 0.184. The van der Waals surface area contributed by atoms with Gasteiger partial charge in [-0.05, 0) is 17.0 Å². The van der Waals surface area contributed by atoms with Crippen molar-refractivity contribution in [1.82, 2.24) is 4.90 Å². The number of thioether (sulfide) groups is 1. The van der Waals surface area contributed by atoms with Crippen LogP contribution in [0.1, 0.15) is 12.0 Å². The Hall–Kier alpha value is -1.65. The van der Waals surface area contributed by atoms with Crippen molar-refractivity contribution in [2.24, 2.45) is 11.0 Å². The molecule has 1 aromatic carbocycles. The first-order chi connectivity index (χ1) is 9.79. The number of likely N-dealkylation sites (tertiary alicyclic amines) is 1. The van der Waals surface area contributed by atoms with Crippen LogP contribution in [0.25, 0.3) is 10.4 Å². The highest BCUT2D eigenvalue weighted by Crippen LogP contribution is 2.19. The van der Waals surface area contributed by atoms with E-state index in [4.69, 9.17) is 5.53 Å². The Morgan fingerprint density at radius 2 is 2.20 bits per heavy atom. The Bertz CT molecular complexity index is 487. The zero-order chi connectivity index (χ0) is 14.2. The molecule has 1 aromatic rings. The molecule has 0 saturated carbocycles. The van der Waals surface area contributed by atoms with Crippen molar-refractivity contribution in [3.05, 3.63) is 46.3 Å². The Morgan fingerprint density at radius 1 is 1.40 bits per heavy atom. The summed E-state index contributed by atoms with van der Waals surface area (Å²) in [5.41, 5.74) is 9.61. The highest BCUT2D eigenvalue weighted by molar-refractivity contribution is 7.98. The van der Waals surface area contributed by atoms with Gasteiger partial charge in [0.25, 0.3) is 0 Å². The lowest BCUT2D eigenvalue weighted by Crippen LogP contribution is -2.27. The Labute approximate surface area is 123 Å². The van der Waals surface area contributed by atoms with Crippen LogP contribution in [-0.4, -0.2) is 36.2 Å². The monoisotopic (exact) mass is 290 g/mol. The summed E-state index contributed by atoms with van der Waals surface area (Å²) in [5.74, 6) is 2.29. The molecule has 1 aliphatic heterocycles. The maximum Gasteiger partial charge on any atom is 0.222 e. The second-order valence-electron chi connectivity index (χ2n) is 4.86. The van der Waals surface area contributed by atoms with Crippen LogP contribution >= 0.6 is 11.8 Å². The normalized spacial score (nSPS) is 18.1. The van der Waals surface area contributed by atoms with E-state index in [0.29, 0.717) is 13.0 Å². The molecular formula is C14H18N4OS. The third-order valence-corrected chi connectivity index (χ3v) is 4.32. The number of rotatable bonds is 7. The molecule has 1 amide bonds. The predicted octanol–water partition coefficient (Wildman–Crippen LogP) is 3.08. The average Bonchev–Trinajstić information content (AvgIpc) is 2.83. The van der Waals surface area contributed by atoms with E-state index in [-0.39, 0.29) is 11.8 Å². The Kier molecular flexibility index (Phi) is 5.77. The smallest absolute Gasteiger partial charge is 0.222 e. The average molecular weight is 290 g/mol. The van der Waals surface area contributed by atoms with Gasteiger partial charge in [0.2, 0.25) is 5.91 Å². The molecule has 5 nitrogen and oxygen atoms in total. The van der Waals surface area contributed by atoms with E-state index in [9.17, 15) is 4.79 Å². The summed E-state index contributed by atoms with van der Waals surface area (Å²) in [5, 5.41) is 3.56. The topological polar surface area (TPSA) is 69.1 Å². The van der Waals surface area contributed by atoms with Gasteiger partial charge in [0.05, 0.1) is 0 Å². The highest BCUT2D eigenvalue weighted by atomic mass is 32.2.